The third-order valence-electron chi connectivity index (χ3n) is 5.31. The first-order valence-corrected chi connectivity index (χ1v) is 14.7. The molecule has 1 N–H and O–H groups in total. The predicted octanol–water partition coefficient (Wildman–Crippen LogP) is 7.78. The molecule has 0 unspecified atom stereocenters. The molecular formula is C25H45N3O3S2. The van der Waals surface area contributed by atoms with E-state index in [1.165, 1.54) is 88.4 Å². The van der Waals surface area contributed by atoms with Crippen LogP contribution in [0.5, 0.6) is 0 Å². The van der Waals surface area contributed by atoms with Gasteiger partial charge in [0.05, 0.1) is 13.0 Å². The molecule has 0 aromatic carbocycles. The minimum Gasteiger partial charge on any atom is -0.466 e. The number of aromatic nitrogens is 2. The first kappa shape index (κ1) is 29.9. The summed E-state index contributed by atoms with van der Waals surface area (Å²) in [7, 11) is 0. The molecule has 1 amide bonds. The average Bonchev–Trinajstić information content (AvgIpc) is 3.20. The van der Waals surface area contributed by atoms with Crippen molar-refractivity contribution in [2.24, 2.45) is 0 Å². The largest absolute Gasteiger partial charge is 0.466 e. The van der Waals surface area contributed by atoms with Gasteiger partial charge in [0.25, 0.3) is 0 Å². The molecule has 0 fully saturated rings. The standard InChI is InChI=1S/C25H45N3O3S2/c1-4-5-6-7-8-9-10-11-12-13-14-15-16-17-20-31-23(30)19-18-22(29)26-24-27-28-25(33-24)32-21(2)3/h21H,4-20H2,1-3H3,(H,26,27,29). The lowest BCUT2D eigenvalue weighted by Crippen LogP contribution is -2.14. The molecule has 1 aromatic rings. The Morgan fingerprint density at radius 1 is 0.848 bits per heavy atom. The fourth-order valence-corrected chi connectivity index (χ4v) is 5.45. The smallest absolute Gasteiger partial charge is 0.306 e. The molecule has 1 aromatic heterocycles. The van der Waals surface area contributed by atoms with Gasteiger partial charge in [0.1, 0.15) is 0 Å². The monoisotopic (exact) mass is 499 g/mol. The quantitative estimate of drug-likeness (QED) is 0.0804. The van der Waals surface area contributed by atoms with Crippen LogP contribution < -0.4 is 5.32 Å². The van der Waals surface area contributed by atoms with Crippen LogP contribution in [0.25, 0.3) is 0 Å². The number of carbonyl (C=O) groups excluding carboxylic acids is 2. The summed E-state index contributed by atoms with van der Waals surface area (Å²) < 4.78 is 6.08. The van der Waals surface area contributed by atoms with Crippen LogP contribution in [-0.4, -0.2) is 33.9 Å². The lowest BCUT2D eigenvalue weighted by Gasteiger charge is -2.05. The highest BCUT2D eigenvalue weighted by Crippen LogP contribution is 2.28. The van der Waals surface area contributed by atoms with E-state index in [2.05, 4.69) is 36.3 Å². The van der Waals surface area contributed by atoms with Gasteiger partial charge in [-0.1, -0.05) is 127 Å². The van der Waals surface area contributed by atoms with E-state index in [4.69, 9.17) is 4.74 Å². The van der Waals surface area contributed by atoms with Gasteiger partial charge in [-0.3, -0.25) is 9.59 Å². The Morgan fingerprint density at radius 2 is 1.39 bits per heavy atom. The first-order valence-electron chi connectivity index (χ1n) is 13.0. The maximum atomic E-state index is 12.0. The highest BCUT2D eigenvalue weighted by molar-refractivity contribution is 8.01. The number of amides is 1. The number of ether oxygens (including phenoxy) is 1. The summed E-state index contributed by atoms with van der Waals surface area (Å²) >= 11 is 2.96. The Hall–Kier alpha value is -1.15. The Kier molecular flexibility index (Phi) is 18.3. The third-order valence-corrected chi connectivity index (χ3v) is 7.23. The molecule has 0 aliphatic carbocycles. The van der Waals surface area contributed by atoms with Crippen LogP contribution in [0, 0.1) is 0 Å². The molecule has 8 heteroatoms. The Bertz CT molecular complexity index is 638. The fraction of sp³-hybridized carbons (Fsp3) is 0.840. The summed E-state index contributed by atoms with van der Waals surface area (Å²) in [6, 6.07) is 0. The lowest BCUT2D eigenvalue weighted by molar-refractivity contribution is -0.144. The van der Waals surface area contributed by atoms with Gasteiger partial charge < -0.3 is 10.1 Å². The number of esters is 1. The highest BCUT2D eigenvalue weighted by atomic mass is 32.2. The number of anilines is 1. The molecule has 0 aliphatic rings. The van der Waals surface area contributed by atoms with Gasteiger partial charge in [-0.25, -0.2) is 0 Å². The maximum absolute atomic E-state index is 12.0. The van der Waals surface area contributed by atoms with Gasteiger partial charge in [0.15, 0.2) is 4.34 Å². The SMILES string of the molecule is CCCCCCCCCCCCCCCCOC(=O)CCC(=O)Nc1nnc(SC(C)C)s1. The minimum atomic E-state index is -0.312. The van der Waals surface area contributed by atoms with E-state index < -0.39 is 0 Å². The summed E-state index contributed by atoms with van der Waals surface area (Å²) in [5, 5.41) is 11.6. The summed E-state index contributed by atoms with van der Waals surface area (Å²) in [5.74, 6) is -0.547. The summed E-state index contributed by atoms with van der Waals surface area (Å²) in [4.78, 5) is 23.8. The minimum absolute atomic E-state index is 0.0941. The molecule has 1 rings (SSSR count). The molecule has 6 nitrogen and oxygen atoms in total. The van der Waals surface area contributed by atoms with E-state index in [0.717, 1.165) is 17.2 Å². The number of hydrogen-bond acceptors (Lipinski definition) is 7. The van der Waals surface area contributed by atoms with Crippen LogP contribution in [0.4, 0.5) is 5.13 Å². The number of carbonyl (C=O) groups is 2. The van der Waals surface area contributed by atoms with Crippen molar-refractivity contribution < 1.29 is 14.3 Å². The first-order chi connectivity index (χ1) is 16.0. The number of hydrogen-bond donors (Lipinski definition) is 1. The molecule has 1 heterocycles. The topological polar surface area (TPSA) is 81.2 Å². The number of rotatable bonds is 21. The average molecular weight is 500 g/mol. The summed E-state index contributed by atoms with van der Waals surface area (Å²) in [6.45, 7) is 6.87. The zero-order chi connectivity index (χ0) is 24.2. The number of nitrogens with zero attached hydrogens (tertiary/aromatic N) is 2. The molecule has 0 spiro atoms. The molecule has 0 aliphatic heterocycles. The van der Waals surface area contributed by atoms with Crippen molar-refractivity contribution in [3.8, 4) is 0 Å². The van der Waals surface area contributed by atoms with E-state index in [1.807, 2.05) is 0 Å². The van der Waals surface area contributed by atoms with Crippen LogP contribution >= 0.6 is 23.1 Å². The maximum Gasteiger partial charge on any atom is 0.306 e. The zero-order valence-electron chi connectivity index (χ0n) is 21.0. The van der Waals surface area contributed by atoms with Crippen molar-refractivity contribution in [2.75, 3.05) is 11.9 Å². The number of nitrogens with one attached hydrogen (secondary N) is 1. The lowest BCUT2D eigenvalue weighted by atomic mass is 10.0. The number of unbranched alkanes of at least 4 members (excludes halogenated alkanes) is 13. The van der Waals surface area contributed by atoms with Crippen molar-refractivity contribution in [1.29, 1.82) is 0 Å². The second-order valence-electron chi connectivity index (χ2n) is 8.90. The van der Waals surface area contributed by atoms with Gasteiger partial charge in [0.2, 0.25) is 11.0 Å². The van der Waals surface area contributed by atoms with Crippen molar-refractivity contribution >= 4 is 40.1 Å². The van der Waals surface area contributed by atoms with Crippen LogP contribution in [0.15, 0.2) is 4.34 Å². The van der Waals surface area contributed by atoms with Crippen LogP contribution in [0.3, 0.4) is 0 Å². The summed E-state index contributed by atoms with van der Waals surface area (Å²) in [5.41, 5.74) is 0. The van der Waals surface area contributed by atoms with Gasteiger partial charge in [-0.15, -0.1) is 10.2 Å². The van der Waals surface area contributed by atoms with E-state index in [-0.39, 0.29) is 24.7 Å². The van der Waals surface area contributed by atoms with Gasteiger partial charge >= 0.3 is 5.97 Å². The normalized spacial score (nSPS) is 11.2. The highest BCUT2D eigenvalue weighted by Gasteiger charge is 2.12. The van der Waals surface area contributed by atoms with Crippen LogP contribution in [-0.2, 0) is 14.3 Å². The van der Waals surface area contributed by atoms with E-state index >= 15 is 0 Å². The van der Waals surface area contributed by atoms with Crippen molar-refractivity contribution in [1.82, 2.24) is 10.2 Å². The van der Waals surface area contributed by atoms with Gasteiger partial charge in [-0.2, -0.15) is 0 Å². The molecule has 33 heavy (non-hydrogen) atoms. The van der Waals surface area contributed by atoms with E-state index in [1.54, 1.807) is 11.8 Å². The molecule has 0 radical (unpaired) electrons. The second-order valence-corrected chi connectivity index (χ2v) is 11.7. The van der Waals surface area contributed by atoms with Gasteiger partial charge in [-0.05, 0) is 6.42 Å². The van der Waals surface area contributed by atoms with Crippen molar-refractivity contribution in [3.05, 3.63) is 0 Å². The van der Waals surface area contributed by atoms with Crippen LogP contribution in [0.2, 0.25) is 0 Å². The molecule has 0 atom stereocenters. The summed E-state index contributed by atoms with van der Waals surface area (Å²) in [6.07, 6.45) is 18.4. The Balaban J connectivity index is 1.89. The van der Waals surface area contributed by atoms with Crippen LogP contribution in [0.1, 0.15) is 124 Å². The second kappa shape index (κ2) is 20.2. The van der Waals surface area contributed by atoms with E-state index in [0.29, 0.717) is 17.0 Å². The van der Waals surface area contributed by atoms with E-state index in [9.17, 15) is 9.59 Å². The predicted molar refractivity (Wildman–Crippen MR) is 140 cm³/mol. The third kappa shape index (κ3) is 17.9. The number of thioether (sulfide) groups is 1. The molecule has 0 bridgehead atoms. The molecular weight excluding hydrogens is 454 g/mol. The Labute approximate surface area is 209 Å². The van der Waals surface area contributed by atoms with Gasteiger partial charge in [0, 0.05) is 11.7 Å². The fourth-order valence-electron chi connectivity index (χ4n) is 3.46. The Morgan fingerprint density at radius 3 is 1.94 bits per heavy atom. The van der Waals surface area contributed by atoms with Crippen molar-refractivity contribution in [2.45, 2.75) is 133 Å². The molecule has 190 valence electrons. The molecule has 0 saturated heterocycles. The van der Waals surface area contributed by atoms with Crippen molar-refractivity contribution in [3.63, 3.8) is 0 Å². The molecule has 0 saturated carbocycles. The zero-order valence-corrected chi connectivity index (χ0v) is 22.7.